The summed E-state index contributed by atoms with van der Waals surface area (Å²) < 4.78 is 6.40. The monoisotopic (exact) mass is 326 g/mol. The topological polar surface area (TPSA) is 92.3 Å². The maximum atomic E-state index is 12.9. The van der Waals surface area contributed by atoms with Crippen molar-refractivity contribution in [3.05, 3.63) is 56.9 Å². The SMILES string of the molecule is CCOc1cccc(C(=O)c2c(C)c(C#N)c(=O)n(CC)c2O)c1. The van der Waals surface area contributed by atoms with E-state index in [-0.39, 0.29) is 23.2 Å². The molecule has 6 heteroatoms. The number of hydrogen-bond donors (Lipinski definition) is 1. The normalized spacial score (nSPS) is 10.2. The van der Waals surface area contributed by atoms with Gasteiger partial charge < -0.3 is 9.84 Å². The molecule has 0 unspecified atom stereocenters. The van der Waals surface area contributed by atoms with Crippen LogP contribution in [0.15, 0.2) is 29.1 Å². The first kappa shape index (κ1) is 17.3. The molecule has 2 aromatic rings. The molecule has 0 saturated carbocycles. The summed E-state index contributed by atoms with van der Waals surface area (Å²) in [6, 6.07) is 8.38. The van der Waals surface area contributed by atoms with E-state index in [4.69, 9.17) is 4.74 Å². The highest BCUT2D eigenvalue weighted by molar-refractivity contribution is 6.11. The van der Waals surface area contributed by atoms with Gasteiger partial charge >= 0.3 is 0 Å². The van der Waals surface area contributed by atoms with Crippen molar-refractivity contribution in [2.24, 2.45) is 0 Å². The van der Waals surface area contributed by atoms with Crippen LogP contribution in [0.4, 0.5) is 0 Å². The zero-order valence-electron chi connectivity index (χ0n) is 13.8. The Bertz CT molecular complexity index is 891. The minimum Gasteiger partial charge on any atom is -0.494 e. The Hall–Kier alpha value is -3.07. The summed E-state index contributed by atoms with van der Waals surface area (Å²) in [5.41, 5.74) is -0.295. The van der Waals surface area contributed by atoms with Crippen molar-refractivity contribution in [1.82, 2.24) is 4.57 Å². The van der Waals surface area contributed by atoms with Crippen molar-refractivity contribution < 1.29 is 14.6 Å². The molecule has 0 atom stereocenters. The molecule has 1 aromatic heterocycles. The Morgan fingerprint density at radius 2 is 2.08 bits per heavy atom. The standard InChI is InChI=1S/C18H18N2O4/c1-4-20-17(22)14(10-19)11(3)15(18(20)23)16(21)12-7-6-8-13(9-12)24-5-2/h6-9,23H,4-5H2,1-3H3. The number of rotatable bonds is 5. The molecule has 0 aliphatic rings. The predicted molar refractivity (Wildman–Crippen MR) is 88.5 cm³/mol. The highest BCUT2D eigenvalue weighted by Crippen LogP contribution is 2.26. The van der Waals surface area contributed by atoms with Gasteiger partial charge in [-0.25, -0.2) is 0 Å². The van der Waals surface area contributed by atoms with Crippen LogP contribution in [0.2, 0.25) is 0 Å². The number of pyridine rings is 1. The van der Waals surface area contributed by atoms with Crippen molar-refractivity contribution in [2.45, 2.75) is 27.3 Å². The summed E-state index contributed by atoms with van der Waals surface area (Å²) in [4.78, 5) is 25.0. The van der Waals surface area contributed by atoms with Gasteiger partial charge in [0.1, 0.15) is 17.4 Å². The van der Waals surface area contributed by atoms with Gasteiger partial charge in [0.15, 0.2) is 5.78 Å². The lowest BCUT2D eigenvalue weighted by Gasteiger charge is -2.14. The Balaban J connectivity index is 2.68. The van der Waals surface area contributed by atoms with E-state index < -0.39 is 17.2 Å². The van der Waals surface area contributed by atoms with Crippen LogP contribution in [0.25, 0.3) is 0 Å². The zero-order valence-corrected chi connectivity index (χ0v) is 13.8. The minimum absolute atomic E-state index is 0.0401. The second kappa shape index (κ2) is 7.01. The third-order valence-corrected chi connectivity index (χ3v) is 3.75. The van der Waals surface area contributed by atoms with E-state index in [2.05, 4.69) is 0 Å². The Morgan fingerprint density at radius 1 is 1.38 bits per heavy atom. The molecule has 2 rings (SSSR count). The van der Waals surface area contributed by atoms with E-state index in [1.807, 2.05) is 13.0 Å². The lowest BCUT2D eigenvalue weighted by atomic mass is 9.97. The Morgan fingerprint density at radius 3 is 2.67 bits per heavy atom. The van der Waals surface area contributed by atoms with E-state index >= 15 is 0 Å². The largest absolute Gasteiger partial charge is 0.494 e. The molecule has 24 heavy (non-hydrogen) atoms. The lowest BCUT2D eigenvalue weighted by Crippen LogP contribution is -2.26. The number of nitriles is 1. The number of ketones is 1. The number of aromatic hydroxyl groups is 1. The first-order valence-corrected chi connectivity index (χ1v) is 7.60. The Kier molecular flexibility index (Phi) is 5.05. The van der Waals surface area contributed by atoms with E-state index in [9.17, 15) is 20.0 Å². The van der Waals surface area contributed by atoms with Gasteiger partial charge in [-0.2, -0.15) is 5.26 Å². The van der Waals surface area contributed by atoms with Gasteiger partial charge in [0.05, 0.1) is 12.2 Å². The maximum absolute atomic E-state index is 12.9. The molecule has 0 fully saturated rings. The van der Waals surface area contributed by atoms with Crippen LogP contribution in [-0.4, -0.2) is 22.1 Å². The summed E-state index contributed by atoms with van der Waals surface area (Å²) in [5, 5.41) is 19.6. The number of carbonyl (C=O) groups excluding carboxylic acids is 1. The van der Waals surface area contributed by atoms with Gasteiger partial charge in [0, 0.05) is 12.1 Å². The molecule has 0 saturated heterocycles. The quantitative estimate of drug-likeness (QED) is 0.852. The molecule has 124 valence electrons. The van der Waals surface area contributed by atoms with E-state index in [1.54, 1.807) is 31.2 Å². The van der Waals surface area contributed by atoms with Gasteiger partial charge in [-0.05, 0) is 38.5 Å². The first-order chi connectivity index (χ1) is 11.5. The fraction of sp³-hybridized carbons (Fsp3) is 0.278. The van der Waals surface area contributed by atoms with Crippen LogP contribution in [-0.2, 0) is 6.54 Å². The summed E-state index contributed by atoms with van der Waals surface area (Å²) in [5.74, 6) is -0.360. The number of ether oxygens (including phenoxy) is 1. The van der Waals surface area contributed by atoms with Crippen molar-refractivity contribution >= 4 is 5.78 Å². The van der Waals surface area contributed by atoms with Crippen molar-refractivity contribution in [2.75, 3.05) is 6.61 Å². The molecule has 1 heterocycles. The third-order valence-electron chi connectivity index (χ3n) is 3.75. The summed E-state index contributed by atoms with van der Waals surface area (Å²) in [6.45, 7) is 5.59. The van der Waals surface area contributed by atoms with Crippen molar-refractivity contribution in [3.8, 4) is 17.7 Å². The summed E-state index contributed by atoms with van der Waals surface area (Å²) >= 11 is 0. The molecular formula is C18H18N2O4. The van der Waals surface area contributed by atoms with Crippen molar-refractivity contribution in [1.29, 1.82) is 5.26 Å². The van der Waals surface area contributed by atoms with Crippen LogP contribution in [0.3, 0.4) is 0 Å². The molecule has 0 aliphatic carbocycles. The molecule has 0 spiro atoms. The molecule has 0 bridgehead atoms. The van der Waals surface area contributed by atoms with Gasteiger partial charge in [-0.15, -0.1) is 0 Å². The highest BCUT2D eigenvalue weighted by atomic mass is 16.5. The van der Waals surface area contributed by atoms with Gasteiger partial charge in [-0.3, -0.25) is 14.2 Å². The number of carbonyl (C=O) groups is 1. The molecule has 6 nitrogen and oxygen atoms in total. The van der Waals surface area contributed by atoms with Crippen LogP contribution in [0.5, 0.6) is 11.6 Å². The van der Waals surface area contributed by atoms with E-state index in [1.165, 1.54) is 6.92 Å². The average molecular weight is 326 g/mol. The van der Waals surface area contributed by atoms with E-state index in [0.29, 0.717) is 17.9 Å². The predicted octanol–water partition coefficient (Wildman–Crippen LogP) is 2.38. The fourth-order valence-electron chi connectivity index (χ4n) is 2.55. The smallest absolute Gasteiger partial charge is 0.271 e. The number of benzene rings is 1. The Labute approximate surface area is 139 Å². The fourth-order valence-corrected chi connectivity index (χ4v) is 2.55. The molecule has 1 N–H and O–H groups in total. The second-order valence-electron chi connectivity index (χ2n) is 5.15. The van der Waals surface area contributed by atoms with Crippen LogP contribution in [0, 0.1) is 18.3 Å². The van der Waals surface area contributed by atoms with E-state index in [0.717, 1.165) is 4.57 Å². The molecular weight excluding hydrogens is 308 g/mol. The molecule has 0 amide bonds. The lowest BCUT2D eigenvalue weighted by molar-refractivity contribution is 0.103. The molecule has 0 aliphatic heterocycles. The van der Waals surface area contributed by atoms with Gasteiger partial charge in [-0.1, -0.05) is 12.1 Å². The van der Waals surface area contributed by atoms with Crippen LogP contribution >= 0.6 is 0 Å². The summed E-state index contributed by atoms with van der Waals surface area (Å²) in [6.07, 6.45) is 0. The second-order valence-corrected chi connectivity index (χ2v) is 5.15. The van der Waals surface area contributed by atoms with Gasteiger partial charge in [0.25, 0.3) is 5.56 Å². The van der Waals surface area contributed by atoms with Gasteiger partial charge in [0.2, 0.25) is 5.88 Å². The zero-order chi connectivity index (χ0) is 17.9. The number of hydrogen-bond acceptors (Lipinski definition) is 5. The average Bonchev–Trinajstić information content (AvgIpc) is 2.56. The minimum atomic E-state index is -0.602. The number of nitrogens with zero attached hydrogens (tertiary/aromatic N) is 2. The number of aromatic nitrogens is 1. The first-order valence-electron chi connectivity index (χ1n) is 7.60. The molecule has 1 aromatic carbocycles. The molecule has 0 radical (unpaired) electrons. The highest BCUT2D eigenvalue weighted by Gasteiger charge is 2.24. The van der Waals surface area contributed by atoms with Crippen molar-refractivity contribution in [3.63, 3.8) is 0 Å². The maximum Gasteiger partial charge on any atom is 0.271 e. The summed E-state index contributed by atoms with van der Waals surface area (Å²) in [7, 11) is 0. The third kappa shape index (κ3) is 2.88. The van der Waals surface area contributed by atoms with Crippen LogP contribution < -0.4 is 10.3 Å². The van der Waals surface area contributed by atoms with Crippen LogP contribution in [0.1, 0.15) is 40.9 Å².